The van der Waals surface area contributed by atoms with Gasteiger partial charge >= 0.3 is 0 Å². The Bertz CT molecular complexity index is 415. The summed E-state index contributed by atoms with van der Waals surface area (Å²) in [5, 5.41) is 10.6. The summed E-state index contributed by atoms with van der Waals surface area (Å²) in [5.74, 6) is 1.64. The largest absolute Gasteiger partial charge is 0.493 e. The van der Waals surface area contributed by atoms with Crippen LogP contribution in [0.4, 0.5) is 0 Å². The van der Waals surface area contributed by atoms with Crippen molar-refractivity contribution in [3.8, 4) is 5.75 Å². The molecule has 1 aliphatic rings. The molecule has 0 aliphatic heterocycles. The first-order chi connectivity index (χ1) is 9.61. The average Bonchev–Trinajstić information content (AvgIpc) is 3.22. The summed E-state index contributed by atoms with van der Waals surface area (Å²) in [7, 11) is 0. The fourth-order valence-corrected chi connectivity index (χ4v) is 2.49. The van der Waals surface area contributed by atoms with Crippen LogP contribution in [0.1, 0.15) is 45.3 Å². The zero-order chi connectivity index (χ0) is 14.5. The minimum absolute atomic E-state index is 0.463. The first-order valence-corrected chi connectivity index (χ1v) is 7.75. The average molecular weight is 277 g/mol. The molecule has 3 heteroatoms. The Morgan fingerprint density at radius 3 is 2.60 bits per heavy atom. The number of rotatable bonds is 8. The maximum absolute atomic E-state index is 10.6. The summed E-state index contributed by atoms with van der Waals surface area (Å²) in [5.41, 5.74) is 0.899. The van der Waals surface area contributed by atoms with Crippen molar-refractivity contribution in [2.24, 2.45) is 5.92 Å². The molecule has 20 heavy (non-hydrogen) atoms. The molecule has 1 aromatic rings. The number of hydrogen-bond donors (Lipinski definition) is 1. The highest BCUT2D eigenvalue weighted by molar-refractivity contribution is 5.35. The third kappa shape index (κ3) is 4.22. The quantitative estimate of drug-likeness (QED) is 0.792. The van der Waals surface area contributed by atoms with Crippen molar-refractivity contribution in [3.05, 3.63) is 29.8 Å². The number of aliphatic hydroxyl groups is 1. The van der Waals surface area contributed by atoms with Crippen molar-refractivity contribution < 1.29 is 9.84 Å². The highest BCUT2D eigenvalue weighted by Crippen LogP contribution is 2.32. The highest BCUT2D eigenvalue weighted by Gasteiger charge is 2.27. The standard InChI is InChI=1S/C17H27NO2/c1-4-20-17-8-6-5-7-15(17)16(19)12-18(13(2)3)11-14-9-10-14/h5-8,13-14,16,19H,4,9-12H2,1-3H3. The van der Waals surface area contributed by atoms with E-state index in [9.17, 15) is 5.11 Å². The lowest BCUT2D eigenvalue weighted by atomic mass is 10.1. The van der Waals surface area contributed by atoms with Gasteiger partial charge in [0.25, 0.3) is 0 Å². The van der Waals surface area contributed by atoms with Crippen LogP contribution in [0.15, 0.2) is 24.3 Å². The van der Waals surface area contributed by atoms with Crippen LogP contribution in [0.25, 0.3) is 0 Å². The van der Waals surface area contributed by atoms with Crippen LogP contribution in [0.2, 0.25) is 0 Å². The maximum atomic E-state index is 10.6. The summed E-state index contributed by atoms with van der Waals surface area (Å²) in [6.45, 7) is 8.77. The number of hydrogen-bond acceptors (Lipinski definition) is 3. The molecule has 1 unspecified atom stereocenters. The second kappa shape index (κ2) is 7.09. The van der Waals surface area contributed by atoms with Gasteiger partial charge in [-0.05, 0) is 45.6 Å². The van der Waals surface area contributed by atoms with Gasteiger partial charge < -0.3 is 9.84 Å². The minimum Gasteiger partial charge on any atom is -0.493 e. The lowest BCUT2D eigenvalue weighted by Crippen LogP contribution is -2.36. The summed E-state index contributed by atoms with van der Waals surface area (Å²) in [4.78, 5) is 2.38. The second-order valence-corrected chi connectivity index (χ2v) is 5.98. The van der Waals surface area contributed by atoms with E-state index in [-0.39, 0.29) is 0 Å². The van der Waals surface area contributed by atoms with Gasteiger partial charge in [0.05, 0.1) is 12.7 Å². The maximum Gasteiger partial charge on any atom is 0.125 e. The Balaban J connectivity index is 2.03. The van der Waals surface area contributed by atoms with E-state index in [4.69, 9.17) is 4.74 Å². The lowest BCUT2D eigenvalue weighted by Gasteiger charge is -2.29. The third-order valence-electron chi connectivity index (χ3n) is 3.91. The second-order valence-electron chi connectivity index (χ2n) is 5.98. The SMILES string of the molecule is CCOc1ccccc1C(O)CN(CC1CC1)C(C)C. The van der Waals surface area contributed by atoms with Gasteiger partial charge in [-0.3, -0.25) is 4.90 Å². The van der Waals surface area contributed by atoms with Crippen LogP contribution in [0.5, 0.6) is 5.75 Å². The lowest BCUT2D eigenvalue weighted by molar-refractivity contribution is 0.0900. The normalized spacial score (nSPS) is 16.7. The Labute approximate surface area is 122 Å². The molecule has 0 radical (unpaired) electrons. The van der Waals surface area contributed by atoms with Gasteiger partial charge in [0, 0.05) is 24.7 Å². The van der Waals surface area contributed by atoms with E-state index in [1.54, 1.807) is 0 Å². The van der Waals surface area contributed by atoms with Crippen LogP contribution in [0, 0.1) is 5.92 Å². The molecule has 0 bridgehead atoms. The number of nitrogens with zero attached hydrogens (tertiary/aromatic N) is 1. The van der Waals surface area contributed by atoms with Gasteiger partial charge in [-0.25, -0.2) is 0 Å². The Kier molecular flexibility index (Phi) is 5.44. The number of benzene rings is 1. The van der Waals surface area contributed by atoms with Gasteiger partial charge in [0.1, 0.15) is 5.75 Å². The van der Waals surface area contributed by atoms with Crippen molar-refractivity contribution in [3.63, 3.8) is 0 Å². The smallest absolute Gasteiger partial charge is 0.125 e. The topological polar surface area (TPSA) is 32.7 Å². The Morgan fingerprint density at radius 2 is 2.00 bits per heavy atom. The van der Waals surface area contributed by atoms with Gasteiger partial charge in [0.2, 0.25) is 0 Å². The molecular weight excluding hydrogens is 250 g/mol. The summed E-state index contributed by atoms with van der Waals surface area (Å²) < 4.78 is 5.62. The first kappa shape index (κ1) is 15.3. The molecule has 1 fully saturated rings. The number of aliphatic hydroxyl groups excluding tert-OH is 1. The van der Waals surface area contributed by atoms with Crippen LogP contribution < -0.4 is 4.74 Å². The summed E-state index contributed by atoms with van der Waals surface area (Å²) in [6.07, 6.45) is 2.20. The Morgan fingerprint density at radius 1 is 1.30 bits per heavy atom. The molecule has 0 saturated heterocycles. The minimum atomic E-state index is -0.487. The van der Waals surface area contributed by atoms with E-state index in [1.807, 2.05) is 31.2 Å². The predicted octanol–water partition coefficient (Wildman–Crippen LogP) is 3.24. The van der Waals surface area contributed by atoms with Crippen LogP contribution in [-0.4, -0.2) is 35.7 Å². The molecule has 0 spiro atoms. The molecular formula is C17H27NO2. The van der Waals surface area contributed by atoms with Gasteiger partial charge in [-0.15, -0.1) is 0 Å². The number of para-hydroxylation sites is 1. The van der Waals surface area contributed by atoms with E-state index in [0.717, 1.165) is 23.8 Å². The molecule has 1 aliphatic carbocycles. The van der Waals surface area contributed by atoms with E-state index in [1.165, 1.54) is 12.8 Å². The number of ether oxygens (including phenoxy) is 1. The molecule has 1 atom stereocenters. The molecule has 0 amide bonds. The molecule has 2 rings (SSSR count). The van der Waals surface area contributed by atoms with Crippen molar-refractivity contribution in [2.45, 2.75) is 45.8 Å². The molecule has 0 aromatic heterocycles. The molecule has 1 aromatic carbocycles. The Hall–Kier alpha value is -1.06. The molecule has 0 heterocycles. The van der Waals surface area contributed by atoms with E-state index >= 15 is 0 Å². The van der Waals surface area contributed by atoms with Gasteiger partial charge in [-0.2, -0.15) is 0 Å². The summed E-state index contributed by atoms with van der Waals surface area (Å²) in [6, 6.07) is 8.27. The highest BCUT2D eigenvalue weighted by atomic mass is 16.5. The monoisotopic (exact) mass is 277 g/mol. The van der Waals surface area contributed by atoms with E-state index in [0.29, 0.717) is 19.2 Å². The zero-order valence-electron chi connectivity index (χ0n) is 12.9. The predicted molar refractivity (Wildman–Crippen MR) is 82.0 cm³/mol. The molecule has 1 N–H and O–H groups in total. The van der Waals surface area contributed by atoms with Crippen molar-refractivity contribution in [2.75, 3.05) is 19.7 Å². The fourth-order valence-electron chi connectivity index (χ4n) is 2.49. The van der Waals surface area contributed by atoms with Crippen LogP contribution >= 0.6 is 0 Å². The van der Waals surface area contributed by atoms with E-state index in [2.05, 4.69) is 18.7 Å². The summed E-state index contributed by atoms with van der Waals surface area (Å²) >= 11 is 0. The van der Waals surface area contributed by atoms with Crippen molar-refractivity contribution >= 4 is 0 Å². The fraction of sp³-hybridized carbons (Fsp3) is 0.647. The van der Waals surface area contributed by atoms with Crippen molar-refractivity contribution in [1.29, 1.82) is 0 Å². The van der Waals surface area contributed by atoms with Crippen LogP contribution in [-0.2, 0) is 0 Å². The molecule has 112 valence electrons. The molecule has 3 nitrogen and oxygen atoms in total. The van der Waals surface area contributed by atoms with E-state index < -0.39 is 6.10 Å². The van der Waals surface area contributed by atoms with Gasteiger partial charge in [-0.1, -0.05) is 18.2 Å². The zero-order valence-corrected chi connectivity index (χ0v) is 12.9. The van der Waals surface area contributed by atoms with Crippen LogP contribution in [0.3, 0.4) is 0 Å². The van der Waals surface area contributed by atoms with Gasteiger partial charge in [0.15, 0.2) is 0 Å². The van der Waals surface area contributed by atoms with Crippen molar-refractivity contribution in [1.82, 2.24) is 4.90 Å². The first-order valence-electron chi connectivity index (χ1n) is 7.75. The molecule has 1 saturated carbocycles. The third-order valence-corrected chi connectivity index (χ3v) is 3.91.